The second kappa shape index (κ2) is 4.18. The molecule has 16 heavy (non-hydrogen) atoms. The van der Waals surface area contributed by atoms with Gasteiger partial charge in [0.1, 0.15) is 0 Å². The topological polar surface area (TPSA) is 52.6 Å². The van der Waals surface area contributed by atoms with Crippen molar-refractivity contribution >= 4 is 5.91 Å². The number of hydrogen-bond donors (Lipinski definition) is 2. The Morgan fingerprint density at radius 3 is 2.38 bits per heavy atom. The summed E-state index contributed by atoms with van der Waals surface area (Å²) in [6, 6.07) is 0. The summed E-state index contributed by atoms with van der Waals surface area (Å²) in [6.45, 7) is 6.79. The molecule has 2 heterocycles. The van der Waals surface area contributed by atoms with Gasteiger partial charge in [0.05, 0.1) is 5.60 Å². The summed E-state index contributed by atoms with van der Waals surface area (Å²) in [7, 11) is 0. The number of piperidine rings is 1. The van der Waals surface area contributed by atoms with Crippen LogP contribution < -0.4 is 5.32 Å². The minimum absolute atomic E-state index is 0.145. The number of nitrogens with one attached hydrogen (secondary N) is 1. The van der Waals surface area contributed by atoms with Gasteiger partial charge < -0.3 is 15.3 Å². The van der Waals surface area contributed by atoms with Crippen LogP contribution in [0.15, 0.2) is 11.1 Å². The highest BCUT2D eigenvalue weighted by atomic mass is 16.3. The van der Waals surface area contributed by atoms with Crippen LogP contribution in [0.4, 0.5) is 0 Å². The molecule has 0 aromatic heterocycles. The summed E-state index contributed by atoms with van der Waals surface area (Å²) in [5.74, 6) is 0.145. The van der Waals surface area contributed by atoms with Crippen molar-refractivity contribution < 1.29 is 9.90 Å². The molecule has 2 fully saturated rings. The van der Waals surface area contributed by atoms with Gasteiger partial charge in [0.25, 0.3) is 0 Å². The van der Waals surface area contributed by atoms with Gasteiger partial charge in [0, 0.05) is 31.8 Å². The highest BCUT2D eigenvalue weighted by molar-refractivity contribution is 5.94. The Bertz CT molecular complexity index is 318. The quantitative estimate of drug-likeness (QED) is 0.629. The van der Waals surface area contributed by atoms with Crippen molar-refractivity contribution in [3.05, 3.63) is 11.1 Å². The smallest absolute Gasteiger partial charge is 0.249 e. The van der Waals surface area contributed by atoms with E-state index in [1.165, 1.54) is 5.57 Å². The monoisotopic (exact) mass is 224 g/mol. The van der Waals surface area contributed by atoms with Gasteiger partial charge in [-0.1, -0.05) is 0 Å². The average Bonchev–Trinajstić information content (AvgIpc) is 2.14. The van der Waals surface area contributed by atoms with Crippen LogP contribution in [0.2, 0.25) is 0 Å². The molecule has 2 saturated heterocycles. The lowest BCUT2D eigenvalue weighted by Gasteiger charge is -2.36. The van der Waals surface area contributed by atoms with Gasteiger partial charge in [-0.15, -0.1) is 0 Å². The molecule has 0 bridgehead atoms. The van der Waals surface area contributed by atoms with E-state index in [-0.39, 0.29) is 5.91 Å². The van der Waals surface area contributed by atoms with E-state index in [0.29, 0.717) is 25.9 Å². The Balaban J connectivity index is 1.96. The van der Waals surface area contributed by atoms with E-state index in [9.17, 15) is 9.90 Å². The fraction of sp³-hybridized carbons (Fsp3) is 0.750. The second-order valence-electron chi connectivity index (χ2n) is 5.12. The third kappa shape index (κ3) is 2.28. The lowest BCUT2D eigenvalue weighted by Crippen LogP contribution is -2.46. The van der Waals surface area contributed by atoms with Crippen molar-refractivity contribution in [2.45, 2.75) is 32.3 Å². The fourth-order valence-corrected chi connectivity index (χ4v) is 2.10. The zero-order chi connectivity index (χ0) is 11.8. The number of hydrogen-bond acceptors (Lipinski definition) is 3. The zero-order valence-corrected chi connectivity index (χ0v) is 10.0. The number of carbonyl (C=O) groups excluding carboxylic acids is 1. The number of carbonyl (C=O) groups is 1. The van der Waals surface area contributed by atoms with Gasteiger partial charge in [-0.2, -0.15) is 0 Å². The summed E-state index contributed by atoms with van der Waals surface area (Å²) in [4.78, 5) is 14.0. The molecule has 4 heteroatoms. The predicted molar refractivity (Wildman–Crippen MR) is 62.0 cm³/mol. The molecular formula is C12H20N2O2. The van der Waals surface area contributed by atoms with Crippen LogP contribution in [0, 0.1) is 0 Å². The van der Waals surface area contributed by atoms with Crippen molar-refractivity contribution in [3.8, 4) is 0 Å². The lowest BCUT2D eigenvalue weighted by atomic mass is 9.93. The third-order valence-electron chi connectivity index (χ3n) is 3.66. The van der Waals surface area contributed by atoms with Crippen molar-refractivity contribution in [1.29, 1.82) is 0 Å². The van der Waals surface area contributed by atoms with E-state index in [0.717, 1.165) is 18.7 Å². The summed E-state index contributed by atoms with van der Waals surface area (Å²) in [5, 5.41) is 13.0. The van der Waals surface area contributed by atoms with Gasteiger partial charge >= 0.3 is 0 Å². The first kappa shape index (κ1) is 11.6. The van der Waals surface area contributed by atoms with Crippen molar-refractivity contribution in [3.63, 3.8) is 0 Å². The van der Waals surface area contributed by atoms with Gasteiger partial charge in [-0.05, 0) is 32.3 Å². The summed E-state index contributed by atoms with van der Waals surface area (Å²) in [6.07, 6.45) is 1.36. The highest BCUT2D eigenvalue weighted by Gasteiger charge is 2.30. The lowest BCUT2D eigenvalue weighted by molar-refractivity contribution is -0.130. The summed E-state index contributed by atoms with van der Waals surface area (Å²) >= 11 is 0. The van der Waals surface area contributed by atoms with E-state index >= 15 is 0 Å². The van der Waals surface area contributed by atoms with Crippen LogP contribution in [0.1, 0.15) is 26.7 Å². The first-order valence-corrected chi connectivity index (χ1v) is 5.91. The van der Waals surface area contributed by atoms with E-state index in [1.807, 2.05) is 18.7 Å². The normalized spacial score (nSPS) is 23.9. The summed E-state index contributed by atoms with van der Waals surface area (Å²) in [5.41, 5.74) is 1.53. The van der Waals surface area contributed by atoms with Crippen molar-refractivity contribution in [2.75, 3.05) is 26.2 Å². The molecule has 1 amide bonds. The maximum atomic E-state index is 12.1. The number of rotatable bonds is 1. The second-order valence-corrected chi connectivity index (χ2v) is 5.12. The Hall–Kier alpha value is -0.870. The minimum atomic E-state index is -0.587. The largest absolute Gasteiger partial charge is 0.390 e. The number of nitrogens with zero attached hydrogens (tertiary/aromatic N) is 1. The highest BCUT2D eigenvalue weighted by Crippen LogP contribution is 2.23. The molecule has 0 spiro atoms. The molecule has 0 unspecified atom stereocenters. The maximum absolute atomic E-state index is 12.1. The van der Waals surface area contributed by atoms with Crippen molar-refractivity contribution in [2.24, 2.45) is 0 Å². The first-order valence-electron chi connectivity index (χ1n) is 5.91. The predicted octanol–water partition coefficient (Wildman–Crippen LogP) is 0.280. The first-order chi connectivity index (χ1) is 7.49. The molecule has 0 aromatic rings. The molecule has 2 rings (SSSR count). The van der Waals surface area contributed by atoms with Crippen LogP contribution in [0.25, 0.3) is 0 Å². The summed E-state index contributed by atoms with van der Waals surface area (Å²) < 4.78 is 0. The standard InChI is InChI=1S/C12H20N2O2/c1-9(10-7-13-8-10)11(15)14-5-3-12(2,16)4-6-14/h13,16H,3-8H2,1-2H3. The van der Waals surface area contributed by atoms with E-state index in [1.54, 1.807) is 0 Å². The molecule has 90 valence electrons. The van der Waals surface area contributed by atoms with Crippen LogP contribution in [0.5, 0.6) is 0 Å². The van der Waals surface area contributed by atoms with Gasteiger partial charge in [0.2, 0.25) is 5.91 Å². The van der Waals surface area contributed by atoms with Gasteiger partial charge in [-0.25, -0.2) is 0 Å². The Kier molecular flexibility index (Phi) is 3.04. The van der Waals surface area contributed by atoms with Crippen LogP contribution >= 0.6 is 0 Å². The fourth-order valence-electron chi connectivity index (χ4n) is 2.10. The van der Waals surface area contributed by atoms with Crippen LogP contribution in [-0.2, 0) is 4.79 Å². The van der Waals surface area contributed by atoms with Gasteiger partial charge in [-0.3, -0.25) is 4.79 Å². The average molecular weight is 224 g/mol. The molecule has 2 N–H and O–H groups in total. The number of likely N-dealkylation sites (tertiary alicyclic amines) is 1. The van der Waals surface area contributed by atoms with Crippen LogP contribution in [0.3, 0.4) is 0 Å². The molecule has 4 nitrogen and oxygen atoms in total. The number of amides is 1. The number of aliphatic hydroxyl groups is 1. The van der Waals surface area contributed by atoms with Crippen molar-refractivity contribution in [1.82, 2.24) is 10.2 Å². The molecule has 0 saturated carbocycles. The molecule has 0 aliphatic carbocycles. The Morgan fingerprint density at radius 1 is 1.38 bits per heavy atom. The SMILES string of the molecule is CC(C(=O)N1CCC(C)(O)CC1)=C1CNC1. The third-order valence-corrected chi connectivity index (χ3v) is 3.66. The van der Waals surface area contributed by atoms with E-state index in [4.69, 9.17) is 0 Å². The Morgan fingerprint density at radius 2 is 1.94 bits per heavy atom. The maximum Gasteiger partial charge on any atom is 0.249 e. The Labute approximate surface area is 96.3 Å². The zero-order valence-electron chi connectivity index (χ0n) is 10.0. The molecule has 0 atom stereocenters. The molecule has 0 aromatic carbocycles. The van der Waals surface area contributed by atoms with E-state index < -0.39 is 5.60 Å². The molecule has 0 radical (unpaired) electrons. The molecule has 2 aliphatic heterocycles. The molecular weight excluding hydrogens is 204 g/mol. The minimum Gasteiger partial charge on any atom is -0.390 e. The van der Waals surface area contributed by atoms with E-state index in [2.05, 4.69) is 5.32 Å². The van der Waals surface area contributed by atoms with Gasteiger partial charge in [0.15, 0.2) is 0 Å². The molecule has 2 aliphatic rings. The van der Waals surface area contributed by atoms with Crippen LogP contribution in [-0.4, -0.2) is 47.7 Å².